The molecule has 0 amide bonds. The van der Waals surface area contributed by atoms with Crippen molar-refractivity contribution in [2.24, 2.45) is 4.99 Å². The maximum atomic E-state index is 10.1. The molecule has 0 aliphatic rings. The molecule has 23 heavy (non-hydrogen) atoms. The van der Waals surface area contributed by atoms with E-state index >= 15 is 0 Å². The van der Waals surface area contributed by atoms with Gasteiger partial charge in [0.15, 0.2) is 11.5 Å². The lowest BCUT2D eigenvalue weighted by atomic mass is 10.1. The Morgan fingerprint density at radius 2 is 1.96 bits per heavy atom. The summed E-state index contributed by atoms with van der Waals surface area (Å²) in [5.41, 5.74) is 1.71. The van der Waals surface area contributed by atoms with E-state index in [0.717, 1.165) is 10.6 Å². The van der Waals surface area contributed by atoms with E-state index in [1.54, 1.807) is 18.3 Å². The van der Waals surface area contributed by atoms with Gasteiger partial charge in [-0.2, -0.15) is 0 Å². The minimum Gasteiger partial charge on any atom is -0.504 e. The Morgan fingerprint density at radius 3 is 2.61 bits per heavy atom. The van der Waals surface area contributed by atoms with Crippen molar-refractivity contribution in [3.63, 3.8) is 0 Å². The van der Waals surface area contributed by atoms with Crippen molar-refractivity contribution in [1.29, 1.82) is 0 Å². The van der Waals surface area contributed by atoms with Crippen LogP contribution < -0.4 is 9.64 Å². The summed E-state index contributed by atoms with van der Waals surface area (Å²) in [6, 6.07) is 13.3. The van der Waals surface area contributed by atoms with E-state index in [1.807, 2.05) is 30.3 Å². The van der Waals surface area contributed by atoms with Crippen LogP contribution in [0.1, 0.15) is 17.2 Å². The van der Waals surface area contributed by atoms with Gasteiger partial charge in [0.2, 0.25) is 0 Å². The van der Waals surface area contributed by atoms with Gasteiger partial charge in [-0.1, -0.05) is 35.9 Å². The van der Waals surface area contributed by atoms with Gasteiger partial charge >= 0.3 is 0 Å². The van der Waals surface area contributed by atoms with Crippen LogP contribution in [-0.2, 0) is 0 Å². The molecule has 2 aromatic rings. The Kier molecular flexibility index (Phi) is 6.02. The number of likely N-dealkylation sites (N-methyl/N-ethyl adjacent to an activating group) is 1. The fourth-order valence-corrected chi connectivity index (χ4v) is 2.68. The largest absolute Gasteiger partial charge is 0.504 e. The first-order valence-electron chi connectivity index (χ1n) is 7.45. The predicted molar refractivity (Wildman–Crippen MR) is 94.1 cm³/mol. The lowest BCUT2D eigenvalue weighted by molar-refractivity contribution is -0.890. The van der Waals surface area contributed by atoms with E-state index in [2.05, 4.69) is 19.1 Å². The first kappa shape index (κ1) is 17.3. The van der Waals surface area contributed by atoms with E-state index in [1.165, 1.54) is 12.0 Å². The summed E-state index contributed by atoms with van der Waals surface area (Å²) in [5, 5.41) is 10.8. The lowest BCUT2D eigenvalue weighted by Gasteiger charge is -2.21. The Morgan fingerprint density at radius 1 is 1.22 bits per heavy atom. The zero-order chi connectivity index (χ0) is 16.8. The second-order valence-electron chi connectivity index (χ2n) is 5.54. The Labute approximate surface area is 142 Å². The third-order valence-electron chi connectivity index (χ3n) is 3.75. The monoisotopic (exact) mass is 333 g/mol. The van der Waals surface area contributed by atoms with Crippen molar-refractivity contribution in [1.82, 2.24) is 0 Å². The number of hydrogen-bond acceptors (Lipinski definition) is 3. The van der Waals surface area contributed by atoms with E-state index in [0.29, 0.717) is 17.9 Å². The molecule has 0 spiro atoms. The van der Waals surface area contributed by atoms with Gasteiger partial charge in [0, 0.05) is 22.4 Å². The van der Waals surface area contributed by atoms with E-state index in [-0.39, 0.29) is 11.8 Å². The van der Waals surface area contributed by atoms with Gasteiger partial charge < -0.3 is 14.7 Å². The fourth-order valence-electron chi connectivity index (χ4n) is 2.41. The molecule has 0 aliphatic carbocycles. The molecule has 1 atom stereocenters. The Hall–Kier alpha value is -2.04. The third kappa shape index (κ3) is 4.24. The molecule has 2 aromatic carbocycles. The second kappa shape index (κ2) is 7.99. The summed E-state index contributed by atoms with van der Waals surface area (Å²) >= 11 is 6.30. The molecule has 5 heteroatoms. The smallest absolute Gasteiger partial charge is 0.166 e. The number of hydrogen-bond donors (Lipinski definition) is 2. The topological polar surface area (TPSA) is 46.3 Å². The number of ether oxygens (including phenoxy) is 1. The molecule has 122 valence electrons. The zero-order valence-electron chi connectivity index (χ0n) is 13.6. The molecule has 0 saturated carbocycles. The molecule has 2 N–H and O–H groups in total. The van der Waals surface area contributed by atoms with Crippen molar-refractivity contribution in [3.8, 4) is 11.5 Å². The summed E-state index contributed by atoms with van der Waals surface area (Å²) in [6.07, 6.45) is 1.67. The van der Waals surface area contributed by atoms with Crippen molar-refractivity contribution in [2.45, 2.75) is 6.04 Å². The first-order valence-corrected chi connectivity index (χ1v) is 7.82. The molecule has 0 aromatic heterocycles. The maximum Gasteiger partial charge on any atom is 0.166 e. The summed E-state index contributed by atoms with van der Waals surface area (Å²) in [5.74, 6) is 0.542. The number of rotatable bonds is 6. The fraction of sp³-hybridized carbons (Fsp3) is 0.278. The van der Waals surface area contributed by atoms with Crippen LogP contribution in [0.5, 0.6) is 11.5 Å². The quantitative estimate of drug-likeness (QED) is 0.797. The molecule has 0 radical (unpaired) electrons. The minimum absolute atomic E-state index is 0.102. The first-order chi connectivity index (χ1) is 11.0. The standard InChI is InChI=1S/C18H21ClN2O2/c1-21(2)16(14-8-4-5-9-15(14)19)12-20-11-13-7-6-10-17(23-3)18(13)22/h4-11,16,22H,12H2,1-3H3/p+1/t16-/m1/s1. The number of para-hydroxylation sites is 1. The van der Waals surface area contributed by atoms with Gasteiger partial charge in [-0.15, -0.1) is 0 Å². The molecule has 0 bridgehead atoms. The molecule has 4 nitrogen and oxygen atoms in total. The number of nitrogens with one attached hydrogen (secondary N) is 1. The summed E-state index contributed by atoms with van der Waals surface area (Å²) in [4.78, 5) is 5.74. The van der Waals surface area contributed by atoms with Crippen LogP contribution in [0.3, 0.4) is 0 Å². The van der Waals surface area contributed by atoms with Crippen LogP contribution >= 0.6 is 11.6 Å². The molecule has 0 fully saturated rings. The van der Waals surface area contributed by atoms with Crippen LogP contribution in [0.4, 0.5) is 0 Å². The number of benzene rings is 2. The molecular formula is C18H22ClN2O2+. The highest BCUT2D eigenvalue weighted by atomic mass is 35.5. The Bertz CT molecular complexity index is 686. The van der Waals surface area contributed by atoms with Crippen molar-refractivity contribution in [2.75, 3.05) is 27.7 Å². The summed E-state index contributed by atoms with van der Waals surface area (Å²) in [7, 11) is 5.68. The van der Waals surface area contributed by atoms with Gasteiger partial charge in [0.05, 0.1) is 27.7 Å². The number of methoxy groups -OCH3 is 1. The minimum atomic E-state index is 0.102. The van der Waals surface area contributed by atoms with E-state index in [4.69, 9.17) is 16.3 Å². The van der Waals surface area contributed by atoms with E-state index < -0.39 is 0 Å². The number of quaternary nitrogens is 1. The SMILES string of the molecule is COc1cccc(C=NC[C@H](c2ccccc2Cl)[NH+](C)C)c1O. The molecule has 0 heterocycles. The van der Waals surface area contributed by atoms with Crippen LogP contribution in [0.15, 0.2) is 47.5 Å². The van der Waals surface area contributed by atoms with Gasteiger partial charge in [0.25, 0.3) is 0 Å². The molecule has 2 rings (SSSR count). The highest BCUT2D eigenvalue weighted by molar-refractivity contribution is 6.31. The van der Waals surface area contributed by atoms with Crippen molar-refractivity contribution < 1.29 is 14.7 Å². The number of aromatic hydroxyl groups is 1. The van der Waals surface area contributed by atoms with Crippen LogP contribution in [0.25, 0.3) is 0 Å². The molecule has 0 aliphatic heterocycles. The van der Waals surface area contributed by atoms with Crippen LogP contribution in [0, 0.1) is 0 Å². The number of phenolic OH excluding ortho intramolecular Hbond substituents is 1. The van der Waals surface area contributed by atoms with Gasteiger partial charge in [-0.05, 0) is 18.2 Å². The van der Waals surface area contributed by atoms with Crippen molar-refractivity contribution in [3.05, 3.63) is 58.6 Å². The third-order valence-corrected chi connectivity index (χ3v) is 4.09. The molecule has 0 saturated heterocycles. The van der Waals surface area contributed by atoms with Gasteiger partial charge in [-0.25, -0.2) is 0 Å². The normalized spacial score (nSPS) is 12.7. The highest BCUT2D eigenvalue weighted by Gasteiger charge is 2.19. The Balaban J connectivity index is 2.18. The summed E-state index contributed by atoms with van der Waals surface area (Å²) in [6.45, 7) is 0.572. The van der Waals surface area contributed by atoms with Crippen molar-refractivity contribution >= 4 is 17.8 Å². The lowest BCUT2D eigenvalue weighted by Crippen LogP contribution is -3.06. The second-order valence-corrected chi connectivity index (χ2v) is 5.95. The molecule has 0 unspecified atom stereocenters. The number of phenols is 1. The highest BCUT2D eigenvalue weighted by Crippen LogP contribution is 2.28. The predicted octanol–water partition coefficient (Wildman–Crippen LogP) is 2.36. The number of halogens is 1. The van der Waals surface area contributed by atoms with Crippen LogP contribution in [-0.4, -0.2) is 39.1 Å². The average Bonchev–Trinajstić information content (AvgIpc) is 2.53. The van der Waals surface area contributed by atoms with Gasteiger partial charge in [-0.3, -0.25) is 4.99 Å². The molecular weight excluding hydrogens is 312 g/mol. The number of aliphatic imine (C=N–C) groups is 1. The van der Waals surface area contributed by atoms with Crippen LogP contribution in [0.2, 0.25) is 5.02 Å². The van der Waals surface area contributed by atoms with Gasteiger partial charge in [0.1, 0.15) is 6.04 Å². The zero-order valence-corrected chi connectivity index (χ0v) is 14.3. The average molecular weight is 334 g/mol. The maximum absolute atomic E-state index is 10.1. The van der Waals surface area contributed by atoms with E-state index in [9.17, 15) is 5.11 Å². The summed E-state index contributed by atoms with van der Waals surface area (Å²) < 4.78 is 5.10. The number of nitrogens with zero attached hydrogens (tertiary/aromatic N) is 1.